The molecule has 0 aliphatic carbocycles. The highest BCUT2D eigenvalue weighted by Crippen LogP contribution is 2.29. The van der Waals surface area contributed by atoms with Crippen LogP contribution in [0.5, 0.6) is 0 Å². The molecule has 0 aromatic carbocycles. The van der Waals surface area contributed by atoms with Crippen molar-refractivity contribution in [1.29, 1.82) is 0 Å². The molecule has 1 atom stereocenters. The fourth-order valence-corrected chi connectivity index (χ4v) is 2.60. The Morgan fingerprint density at radius 1 is 1.53 bits per heavy atom. The van der Waals surface area contributed by atoms with Crippen molar-refractivity contribution in [3.63, 3.8) is 0 Å². The van der Waals surface area contributed by atoms with Crippen molar-refractivity contribution in [2.24, 2.45) is 0 Å². The summed E-state index contributed by atoms with van der Waals surface area (Å²) in [6.07, 6.45) is 1.39. The van der Waals surface area contributed by atoms with Crippen LogP contribution in [0.3, 0.4) is 0 Å². The van der Waals surface area contributed by atoms with Crippen molar-refractivity contribution >= 4 is 34.8 Å². The summed E-state index contributed by atoms with van der Waals surface area (Å²) in [4.78, 5) is 28.0. The highest BCUT2D eigenvalue weighted by atomic mass is 35.5. The van der Waals surface area contributed by atoms with Gasteiger partial charge in [0.15, 0.2) is 6.04 Å². The van der Waals surface area contributed by atoms with E-state index >= 15 is 0 Å². The van der Waals surface area contributed by atoms with Gasteiger partial charge < -0.3 is 10.0 Å². The lowest BCUT2D eigenvalue weighted by Crippen LogP contribution is -2.42. The fraction of sp³-hybridized carbons (Fsp3) is 0.500. The minimum atomic E-state index is -1.11. The van der Waals surface area contributed by atoms with E-state index in [1.165, 1.54) is 18.0 Å². The first-order valence-electron chi connectivity index (χ1n) is 4.97. The summed E-state index contributed by atoms with van der Waals surface area (Å²) in [5, 5.41) is 9.55. The quantitative estimate of drug-likeness (QED) is 0.915. The minimum absolute atomic E-state index is 0.226. The zero-order chi connectivity index (χ0) is 13.2. The molecule has 7 heteroatoms. The molecular formula is C10H13ClN2O3S. The van der Waals surface area contributed by atoms with Gasteiger partial charge in [0, 0.05) is 13.0 Å². The van der Waals surface area contributed by atoms with Gasteiger partial charge in [-0.15, -0.1) is 11.3 Å². The van der Waals surface area contributed by atoms with Crippen molar-refractivity contribution < 1.29 is 14.7 Å². The Morgan fingerprint density at radius 3 is 2.41 bits per heavy atom. The highest BCUT2D eigenvalue weighted by Gasteiger charge is 2.33. The molecule has 0 aliphatic rings. The molecular weight excluding hydrogens is 264 g/mol. The maximum absolute atomic E-state index is 11.5. The van der Waals surface area contributed by atoms with E-state index in [0.29, 0.717) is 9.34 Å². The van der Waals surface area contributed by atoms with Crippen LogP contribution in [-0.2, 0) is 9.59 Å². The zero-order valence-corrected chi connectivity index (χ0v) is 11.2. The van der Waals surface area contributed by atoms with Gasteiger partial charge in [0.05, 0.1) is 6.20 Å². The molecule has 0 aliphatic heterocycles. The first-order chi connectivity index (χ1) is 7.84. The number of amides is 1. The number of aliphatic carboxylic acids is 1. The second kappa shape index (κ2) is 5.46. The van der Waals surface area contributed by atoms with Crippen LogP contribution < -0.4 is 0 Å². The standard InChI is InChI=1S/C10H13ClN2O3S/c1-5(2)13(6(3)14)8(10(15)16)9-12-4-7(11)17-9/h4-5,8H,1-3H3,(H,15,16). The van der Waals surface area contributed by atoms with E-state index in [1.54, 1.807) is 13.8 Å². The molecule has 0 fully saturated rings. The van der Waals surface area contributed by atoms with Crippen molar-refractivity contribution in [3.8, 4) is 0 Å². The molecule has 1 rings (SSSR count). The summed E-state index contributed by atoms with van der Waals surface area (Å²) < 4.78 is 0.401. The Kier molecular flexibility index (Phi) is 4.47. The molecule has 1 unspecified atom stereocenters. The van der Waals surface area contributed by atoms with E-state index in [1.807, 2.05) is 0 Å². The molecule has 94 valence electrons. The lowest BCUT2D eigenvalue weighted by molar-refractivity contribution is -0.151. The van der Waals surface area contributed by atoms with Gasteiger partial charge >= 0.3 is 5.97 Å². The maximum atomic E-state index is 11.5. The van der Waals surface area contributed by atoms with Crippen LogP contribution in [0.2, 0.25) is 4.34 Å². The summed E-state index contributed by atoms with van der Waals surface area (Å²) in [6.45, 7) is 4.85. The minimum Gasteiger partial charge on any atom is -0.479 e. The number of carboxylic acids is 1. The number of thiazole rings is 1. The smallest absolute Gasteiger partial charge is 0.333 e. The molecule has 1 N–H and O–H groups in total. The first kappa shape index (κ1) is 13.9. The van der Waals surface area contributed by atoms with E-state index < -0.39 is 12.0 Å². The molecule has 1 aromatic heterocycles. The van der Waals surface area contributed by atoms with E-state index in [4.69, 9.17) is 11.6 Å². The number of nitrogens with zero attached hydrogens (tertiary/aromatic N) is 2. The van der Waals surface area contributed by atoms with Crippen LogP contribution in [0.15, 0.2) is 6.20 Å². The lowest BCUT2D eigenvalue weighted by atomic mass is 10.2. The van der Waals surface area contributed by atoms with Crippen LogP contribution in [0.4, 0.5) is 0 Å². The molecule has 5 nitrogen and oxygen atoms in total. The zero-order valence-electron chi connectivity index (χ0n) is 9.68. The predicted octanol–water partition coefficient (Wildman–Crippen LogP) is 2.18. The predicted molar refractivity (Wildman–Crippen MR) is 65.2 cm³/mol. The Morgan fingerprint density at radius 2 is 2.12 bits per heavy atom. The average molecular weight is 277 g/mol. The van der Waals surface area contributed by atoms with Gasteiger partial charge in [-0.2, -0.15) is 0 Å². The third-order valence-corrected chi connectivity index (χ3v) is 3.33. The number of carbonyl (C=O) groups is 2. The SMILES string of the molecule is CC(=O)N(C(C)C)C(C(=O)O)c1ncc(Cl)s1. The van der Waals surface area contributed by atoms with Crippen LogP contribution in [0.1, 0.15) is 31.8 Å². The number of carboxylic acid groups (broad SMARTS) is 1. The Balaban J connectivity index is 3.16. The molecule has 0 radical (unpaired) electrons. The van der Waals surface area contributed by atoms with Gasteiger partial charge in [0.1, 0.15) is 9.34 Å². The largest absolute Gasteiger partial charge is 0.479 e. The number of hydrogen-bond acceptors (Lipinski definition) is 4. The summed E-state index contributed by atoms with van der Waals surface area (Å²) in [5.74, 6) is -1.42. The van der Waals surface area contributed by atoms with Crippen molar-refractivity contribution in [2.45, 2.75) is 32.9 Å². The summed E-state index contributed by atoms with van der Waals surface area (Å²) >= 11 is 6.80. The Hall–Kier alpha value is -1.14. The van der Waals surface area contributed by atoms with Gasteiger partial charge in [0.2, 0.25) is 5.91 Å². The fourth-order valence-electron chi connectivity index (χ4n) is 1.58. The van der Waals surface area contributed by atoms with Gasteiger partial charge in [-0.05, 0) is 13.8 Å². The second-order valence-corrected chi connectivity index (χ2v) is 5.46. The van der Waals surface area contributed by atoms with Gasteiger partial charge in [-0.1, -0.05) is 11.6 Å². The topological polar surface area (TPSA) is 70.5 Å². The number of hydrogen-bond donors (Lipinski definition) is 1. The van der Waals surface area contributed by atoms with Crippen LogP contribution in [0, 0.1) is 0 Å². The maximum Gasteiger partial charge on any atom is 0.333 e. The lowest BCUT2D eigenvalue weighted by Gasteiger charge is -2.30. The van der Waals surface area contributed by atoms with Gasteiger partial charge in [-0.3, -0.25) is 4.79 Å². The third kappa shape index (κ3) is 3.17. The number of aromatic nitrogens is 1. The first-order valence-corrected chi connectivity index (χ1v) is 6.17. The number of rotatable bonds is 4. The molecule has 0 saturated heterocycles. The molecule has 0 saturated carbocycles. The van der Waals surface area contributed by atoms with Gasteiger partial charge in [0.25, 0.3) is 0 Å². The monoisotopic (exact) mass is 276 g/mol. The average Bonchev–Trinajstić information content (AvgIpc) is 2.58. The molecule has 0 spiro atoms. The molecule has 1 heterocycles. The molecule has 1 amide bonds. The summed E-state index contributed by atoms with van der Waals surface area (Å²) in [7, 11) is 0. The van der Waals surface area contributed by atoms with E-state index in [9.17, 15) is 14.7 Å². The molecule has 0 bridgehead atoms. The normalized spacial score (nSPS) is 12.5. The van der Waals surface area contributed by atoms with Crippen molar-refractivity contribution in [3.05, 3.63) is 15.5 Å². The summed E-state index contributed by atoms with van der Waals surface area (Å²) in [5.41, 5.74) is 0. The number of halogens is 1. The van der Waals surface area contributed by atoms with Crippen LogP contribution in [0.25, 0.3) is 0 Å². The highest BCUT2D eigenvalue weighted by molar-refractivity contribution is 7.16. The van der Waals surface area contributed by atoms with Crippen molar-refractivity contribution in [2.75, 3.05) is 0 Å². The Labute approximate surface area is 108 Å². The molecule has 17 heavy (non-hydrogen) atoms. The second-order valence-electron chi connectivity index (χ2n) is 3.76. The Bertz CT molecular complexity index is 433. The van der Waals surface area contributed by atoms with E-state index in [-0.39, 0.29) is 11.9 Å². The number of carbonyl (C=O) groups excluding carboxylic acids is 1. The third-order valence-electron chi connectivity index (χ3n) is 2.16. The van der Waals surface area contributed by atoms with E-state index in [2.05, 4.69) is 4.98 Å². The van der Waals surface area contributed by atoms with Crippen molar-refractivity contribution in [1.82, 2.24) is 9.88 Å². The molecule has 1 aromatic rings. The van der Waals surface area contributed by atoms with Gasteiger partial charge in [-0.25, -0.2) is 9.78 Å². The summed E-state index contributed by atoms with van der Waals surface area (Å²) in [6, 6.07) is -1.30. The van der Waals surface area contributed by atoms with E-state index in [0.717, 1.165) is 11.3 Å². The van der Waals surface area contributed by atoms with Crippen LogP contribution in [-0.4, -0.2) is 32.9 Å². The van der Waals surface area contributed by atoms with Crippen LogP contribution >= 0.6 is 22.9 Å².